The van der Waals surface area contributed by atoms with E-state index in [2.05, 4.69) is 0 Å². The number of hydrogen-bond donors (Lipinski definition) is 0. The summed E-state index contributed by atoms with van der Waals surface area (Å²) in [5, 5.41) is 1.77. The number of amides is 1. The van der Waals surface area contributed by atoms with Crippen LogP contribution in [0.4, 0.5) is 0 Å². The molecule has 0 spiro atoms. The largest absolute Gasteiger partial charge is 0.464 e. The summed E-state index contributed by atoms with van der Waals surface area (Å²) in [7, 11) is -3.91. The molecule has 0 unspecified atom stereocenters. The van der Waals surface area contributed by atoms with Crippen LogP contribution < -0.4 is 0 Å². The van der Waals surface area contributed by atoms with Crippen molar-refractivity contribution >= 4 is 39.0 Å². The maximum atomic E-state index is 12.3. The predicted molar refractivity (Wildman–Crippen MR) is 93.5 cm³/mol. The summed E-state index contributed by atoms with van der Waals surface area (Å²) in [5.41, 5.74) is 0.111. The van der Waals surface area contributed by atoms with Gasteiger partial charge in [-0.15, -0.1) is 11.3 Å². The molecule has 0 N–H and O–H groups in total. The molecule has 9 heteroatoms. The van der Waals surface area contributed by atoms with Gasteiger partial charge in [0.2, 0.25) is 0 Å². The highest BCUT2D eigenvalue weighted by atomic mass is 32.2. The van der Waals surface area contributed by atoms with E-state index in [4.69, 9.17) is 4.74 Å². The molecule has 26 heavy (non-hydrogen) atoms. The van der Waals surface area contributed by atoms with Crippen molar-refractivity contribution in [3.05, 3.63) is 52.2 Å². The van der Waals surface area contributed by atoms with Gasteiger partial charge in [-0.1, -0.05) is 18.2 Å². The third-order valence-corrected chi connectivity index (χ3v) is 6.57. The van der Waals surface area contributed by atoms with Crippen LogP contribution in [-0.4, -0.2) is 43.5 Å². The van der Waals surface area contributed by atoms with Gasteiger partial charge in [0.1, 0.15) is 11.5 Å². The number of hydrogen-bond acceptors (Lipinski definition) is 7. The fourth-order valence-electron chi connectivity index (χ4n) is 2.54. The van der Waals surface area contributed by atoms with Gasteiger partial charge < -0.3 is 4.74 Å². The molecule has 0 aliphatic carbocycles. The molecule has 136 valence electrons. The van der Waals surface area contributed by atoms with Crippen LogP contribution in [0.3, 0.4) is 0 Å². The number of esters is 1. The summed E-state index contributed by atoms with van der Waals surface area (Å²) >= 11 is 1.30. The molecule has 2 aromatic rings. The van der Waals surface area contributed by atoms with Crippen LogP contribution in [0, 0.1) is 0 Å². The Labute approximate surface area is 154 Å². The molecular formula is C17H15NO6S2. The molecule has 0 saturated carbocycles. The first-order valence-corrected chi connectivity index (χ1v) is 10.1. The van der Waals surface area contributed by atoms with Crippen LogP contribution in [0.15, 0.2) is 46.7 Å². The van der Waals surface area contributed by atoms with Crippen molar-refractivity contribution < 1.29 is 27.5 Å². The van der Waals surface area contributed by atoms with Gasteiger partial charge in [-0.05, 0) is 23.6 Å². The first-order valence-electron chi connectivity index (χ1n) is 7.79. The van der Waals surface area contributed by atoms with Crippen molar-refractivity contribution in [3.63, 3.8) is 0 Å². The number of ether oxygens (including phenoxy) is 1. The Hall–Kier alpha value is -2.52. The second-order valence-corrected chi connectivity index (χ2v) is 8.28. The standard InChI is InChI=1S/C17H15NO6S2/c19-13(14-5-3-11-25-14)7-8-16(20)24-10-9-18-17(21)12-4-1-2-6-15(12)26(18,22)23/h1-6,11H,7-10H2. The molecule has 1 aliphatic heterocycles. The quantitative estimate of drug-likeness (QED) is 0.528. The van der Waals surface area contributed by atoms with Crippen molar-refractivity contribution in [3.8, 4) is 0 Å². The highest BCUT2D eigenvalue weighted by Crippen LogP contribution is 2.29. The van der Waals surface area contributed by atoms with E-state index in [0.29, 0.717) is 9.18 Å². The SMILES string of the molecule is O=C(CCC(=O)c1cccs1)OCCN1C(=O)c2ccccc2S1(=O)=O. The van der Waals surface area contributed by atoms with E-state index in [1.165, 1.54) is 29.5 Å². The Kier molecular flexibility index (Phi) is 5.19. The molecule has 0 atom stereocenters. The summed E-state index contributed by atoms with van der Waals surface area (Å²) in [5.74, 6) is -1.40. The van der Waals surface area contributed by atoms with E-state index in [1.54, 1.807) is 23.6 Å². The number of fused-ring (bicyclic) bond motifs is 1. The van der Waals surface area contributed by atoms with Gasteiger partial charge in [0, 0.05) is 6.42 Å². The van der Waals surface area contributed by atoms with Gasteiger partial charge >= 0.3 is 5.97 Å². The number of benzene rings is 1. The lowest BCUT2D eigenvalue weighted by atomic mass is 10.2. The molecule has 1 aromatic carbocycles. The van der Waals surface area contributed by atoms with E-state index in [9.17, 15) is 22.8 Å². The third kappa shape index (κ3) is 3.54. The molecular weight excluding hydrogens is 378 g/mol. The minimum atomic E-state index is -3.91. The number of sulfonamides is 1. The van der Waals surface area contributed by atoms with Crippen LogP contribution in [0.25, 0.3) is 0 Å². The van der Waals surface area contributed by atoms with E-state index in [0.717, 1.165) is 0 Å². The van der Waals surface area contributed by atoms with E-state index >= 15 is 0 Å². The molecule has 0 bridgehead atoms. The average Bonchev–Trinajstić information content (AvgIpc) is 3.22. The van der Waals surface area contributed by atoms with Crippen LogP contribution in [0.2, 0.25) is 0 Å². The number of carbonyl (C=O) groups excluding carboxylic acids is 3. The number of carbonyl (C=O) groups is 3. The fourth-order valence-corrected chi connectivity index (χ4v) is 4.79. The first-order chi connectivity index (χ1) is 12.4. The summed E-state index contributed by atoms with van der Waals surface area (Å²) in [6.45, 7) is -0.522. The molecule has 1 aromatic heterocycles. The van der Waals surface area contributed by atoms with Crippen LogP contribution in [0.1, 0.15) is 32.9 Å². The summed E-state index contributed by atoms with van der Waals surface area (Å²) in [4.78, 5) is 36.3. The fraction of sp³-hybridized carbons (Fsp3) is 0.235. The minimum absolute atomic E-state index is 0.0196. The molecule has 0 fully saturated rings. The van der Waals surface area contributed by atoms with Crippen molar-refractivity contribution in [1.82, 2.24) is 4.31 Å². The zero-order valence-electron chi connectivity index (χ0n) is 13.6. The monoisotopic (exact) mass is 393 g/mol. The van der Waals surface area contributed by atoms with Gasteiger partial charge in [0.15, 0.2) is 5.78 Å². The number of thiophene rings is 1. The first kappa shape index (κ1) is 18.3. The molecule has 2 heterocycles. The van der Waals surface area contributed by atoms with Crippen LogP contribution in [-0.2, 0) is 19.6 Å². The average molecular weight is 393 g/mol. The highest BCUT2D eigenvalue weighted by Gasteiger charge is 2.40. The lowest BCUT2D eigenvalue weighted by Crippen LogP contribution is -2.33. The Balaban J connectivity index is 1.50. The van der Waals surface area contributed by atoms with E-state index in [1.807, 2.05) is 0 Å². The predicted octanol–water partition coefficient (Wildman–Crippen LogP) is 2.10. The second kappa shape index (κ2) is 7.38. The lowest BCUT2D eigenvalue weighted by molar-refractivity contribution is -0.143. The minimum Gasteiger partial charge on any atom is -0.464 e. The topological polar surface area (TPSA) is 97.8 Å². The van der Waals surface area contributed by atoms with Crippen LogP contribution >= 0.6 is 11.3 Å². The molecule has 0 radical (unpaired) electrons. The molecule has 7 nitrogen and oxygen atoms in total. The van der Waals surface area contributed by atoms with Crippen molar-refractivity contribution in [2.24, 2.45) is 0 Å². The third-order valence-electron chi connectivity index (χ3n) is 3.82. The maximum Gasteiger partial charge on any atom is 0.306 e. The summed E-state index contributed by atoms with van der Waals surface area (Å²) < 4.78 is 30.3. The highest BCUT2D eigenvalue weighted by molar-refractivity contribution is 7.90. The lowest BCUT2D eigenvalue weighted by Gasteiger charge is -2.14. The van der Waals surface area contributed by atoms with Gasteiger partial charge in [-0.2, -0.15) is 0 Å². The molecule has 1 aliphatic rings. The Bertz CT molecular complexity index is 949. The zero-order chi connectivity index (χ0) is 18.7. The van der Waals surface area contributed by atoms with Gasteiger partial charge in [-0.25, -0.2) is 12.7 Å². The number of rotatable bonds is 7. The van der Waals surface area contributed by atoms with Crippen molar-refractivity contribution in [1.29, 1.82) is 0 Å². The summed E-state index contributed by atoms with van der Waals surface area (Å²) in [6.07, 6.45) is -0.0800. The molecule has 1 amide bonds. The molecule has 3 rings (SSSR count). The number of ketones is 1. The van der Waals surface area contributed by atoms with Crippen molar-refractivity contribution in [2.45, 2.75) is 17.7 Å². The van der Waals surface area contributed by atoms with Gasteiger partial charge in [0.25, 0.3) is 15.9 Å². The van der Waals surface area contributed by atoms with Crippen LogP contribution in [0.5, 0.6) is 0 Å². The number of Topliss-reactive ketones (excluding diaryl/α,β-unsaturated/α-hetero) is 1. The Morgan fingerprint density at radius 1 is 1.08 bits per heavy atom. The smallest absolute Gasteiger partial charge is 0.306 e. The summed E-state index contributed by atoms with van der Waals surface area (Å²) in [6, 6.07) is 9.36. The number of nitrogens with zero attached hydrogens (tertiary/aromatic N) is 1. The van der Waals surface area contributed by atoms with Crippen molar-refractivity contribution in [2.75, 3.05) is 13.2 Å². The zero-order valence-corrected chi connectivity index (χ0v) is 15.2. The van der Waals surface area contributed by atoms with E-state index in [-0.39, 0.29) is 42.2 Å². The van der Waals surface area contributed by atoms with Gasteiger partial charge in [-0.3, -0.25) is 14.4 Å². The van der Waals surface area contributed by atoms with E-state index < -0.39 is 21.9 Å². The maximum absolute atomic E-state index is 12.3. The Morgan fingerprint density at radius 2 is 1.85 bits per heavy atom. The Morgan fingerprint density at radius 3 is 2.54 bits per heavy atom. The second-order valence-electron chi connectivity index (χ2n) is 5.50. The molecule has 0 saturated heterocycles. The normalized spacial score (nSPS) is 14.9. The van der Waals surface area contributed by atoms with Gasteiger partial charge in [0.05, 0.1) is 23.4 Å².